The number of fused-ring (bicyclic) bond motifs is 2. The first kappa shape index (κ1) is 15.1. The van der Waals surface area contributed by atoms with Crippen molar-refractivity contribution in [1.82, 2.24) is 10.2 Å². The average Bonchev–Trinajstić information content (AvgIpc) is 2.83. The smallest absolute Gasteiger partial charge is 0.0373 e. The van der Waals surface area contributed by atoms with E-state index in [0.29, 0.717) is 12.0 Å². The van der Waals surface area contributed by atoms with Crippen molar-refractivity contribution in [2.24, 2.45) is 5.92 Å². The van der Waals surface area contributed by atoms with E-state index in [-0.39, 0.29) is 0 Å². The fourth-order valence-corrected chi connectivity index (χ4v) is 4.59. The first-order valence-electron chi connectivity index (χ1n) is 8.75. The molecule has 0 aliphatic carbocycles. The molecule has 1 aromatic carbocycles. The van der Waals surface area contributed by atoms with E-state index in [1.165, 1.54) is 31.2 Å². The molecule has 3 atom stereocenters. The van der Waals surface area contributed by atoms with Gasteiger partial charge < -0.3 is 5.32 Å². The highest BCUT2D eigenvalue weighted by Gasteiger charge is 2.38. The van der Waals surface area contributed by atoms with E-state index in [9.17, 15) is 0 Å². The predicted molar refractivity (Wildman–Crippen MR) is 89.4 cm³/mol. The molecule has 2 heterocycles. The van der Waals surface area contributed by atoms with E-state index in [2.05, 4.69) is 61.3 Å². The largest absolute Gasteiger partial charge is 0.311 e. The zero-order valence-corrected chi connectivity index (χ0v) is 13.8. The lowest BCUT2D eigenvalue weighted by atomic mass is 9.89. The molecule has 2 bridgehead atoms. The molecule has 2 aliphatic rings. The van der Waals surface area contributed by atoms with Crippen LogP contribution in [0.25, 0.3) is 0 Å². The van der Waals surface area contributed by atoms with E-state index >= 15 is 0 Å². The maximum absolute atomic E-state index is 3.78. The van der Waals surface area contributed by atoms with E-state index in [1.807, 2.05) is 0 Å². The van der Waals surface area contributed by atoms with Crippen LogP contribution in [0, 0.1) is 5.92 Å². The Morgan fingerprint density at radius 2 is 1.71 bits per heavy atom. The first-order valence-corrected chi connectivity index (χ1v) is 8.75. The summed E-state index contributed by atoms with van der Waals surface area (Å²) in [5.41, 5.74) is 1.49. The van der Waals surface area contributed by atoms with Gasteiger partial charge in [0.05, 0.1) is 0 Å². The average molecular weight is 286 g/mol. The Labute approximate surface area is 129 Å². The van der Waals surface area contributed by atoms with Gasteiger partial charge in [-0.25, -0.2) is 0 Å². The highest BCUT2D eigenvalue weighted by molar-refractivity contribution is 5.20. The second-order valence-electron chi connectivity index (χ2n) is 7.19. The molecule has 3 rings (SSSR count). The van der Waals surface area contributed by atoms with Gasteiger partial charge in [-0.3, -0.25) is 4.90 Å². The summed E-state index contributed by atoms with van der Waals surface area (Å²) in [6.45, 7) is 8.23. The van der Waals surface area contributed by atoms with Crippen LogP contribution in [0.2, 0.25) is 0 Å². The highest BCUT2D eigenvalue weighted by Crippen LogP contribution is 2.36. The number of piperidine rings is 1. The summed E-state index contributed by atoms with van der Waals surface area (Å²) in [6.07, 6.45) is 5.44. The fourth-order valence-electron chi connectivity index (χ4n) is 4.59. The molecule has 116 valence electrons. The summed E-state index contributed by atoms with van der Waals surface area (Å²) in [7, 11) is 0. The summed E-state index contributed by atoms with van der Waals surface area (Å²) in [5, 5.41) is 3.78. The molecular weight excluding hydrogens is 256 g/mol. The lowest BCUT2D eigenvalue weighted by molar-refractivity contribution is 0.0748. The molecule has 0 radical (unpaired) electrons. The number of hydrogen-bond acceptors (Lipinski definition) is 2. The monoisotopic (exact) mass is 286 g/mol. The zero-order chi connectivity index (χ0) is 14.8. The van der Waals surface area contributed by atoms with Gasteiger partial charge in [-0.05, 0) is 43.7 Å². The molecule has 2 nitrogen and oxygen atoms in total. The van der Waals surface area contributed by atoms with Crippen molar-refractivity contribution in [1.29, 1.82) is 0 Å². The Balaban J connectivity index is 1.82. The minimum atomic E-state index is 0.554. The molecule has 2 fully saturated rings. The number of nitrogens with one attached hydrogen (secondary N) is 1. The van der Waals surface area contributed by atoms with Crippen LogP contribution in [-0.2, 0) is 0 Å². The van der Waals surface area contributed by atoms with Gasteiger partial charge in [0, 0.05) is 24.2 Å². The Bertz CT molecular complexity index is 430. The van der Waals surface area contributed by atoms with Crippen molar-refractivity contribution < 1.29 is 0 Å². The molecule has 0 spiro atoms. The van der Waals surface area contributed by atoms with Crippen molar-refractivity contribution in [2.45, 2.75) is 70.6 Å². The van der Waals surface area contributed by atoms with Crippen LogP contribution in [-0.4, -0.2) is 29.6 Å². The predicted octanol–water partition coefficient (Wildman–Crippen LogP) is 3.99. The van der Waals surface area contributed by atoms with E-state index in [0.717, 1.165) is 24.7 Å². The van der Waals surface area contributed by atoms with Crippen LogP contribution in [0.15, 0.2) is 30.3 Å². The third-order valence-electron chi connectivity index (χ3n) is 5.41. The first-order chi connectivity index (χ1) is 10.2. The third kappa shape index (κ3) is 3.17. The van der Waals surface area contributed by atoms with Gasteiger partial charge in [0.2, 0.25) is 0 Å². The number of benzene rings is 1. The van der Waals surface area contributed by atoms with Gasteiger partial charge in [-0.2, -0.15) is 0 Å². The standard InChI is InChI=1S/C19H30N2/c1-4-21(18-12-16-10-11-17(13-18)20-16)19(14(2)3)15-8-6-5-7-9-15/h5-9,14,16-20H,4,10-13H2,1-3H3. The Morgan fingerprint density at radius 3 is 2.24 bits per heavy atom. The van der Waals surface area contributed by atoms with Gasteiger partial charge in [-0.1, -0.05) is 51.1 Å². The quantitative estimate of drug-likeness (QED) is 0.880. The zero-order valence-electron chi connectivity index (χ0n) is 13.8. The van der Waals surface area contributed by atoms with E-state index in [4.69, 9.17) is 0 Å². The molecule has 1 aromatic rings. The number of hydrogen-bond donors (Lipinski definition) is 1. The Kier molecular flexibility index (Phi) is 4.66. The second-order valence-corrected chi connectivity index (χ2v) is 7.19. The van der Waals surface area contributed by atoms with Crippen molar-refractivity contribution in [3.63, 3.8) is 0 Å². The Hall–Kier alpha value is -0.860. The molecule has 2 heteroatoms. The normalized spacial score (nSPS) is 30.0. The molecule has 21 heavy (non-hydrogen) atoms. The van der Waals surface area contributed by atoms with Gasteiger partial charge in [-0.15, -0.1) is 0 Å². The minimum absolute atomic E-state index is 0.554. The third-order valence-corrected chi connectivity index (χ3v) is 5.41. The summed E-state index contributed by atoms with van der Waals surface area (Å²) in [6, 6.07) is 14.0. The SMILES string of the molecule is CCN(C1CC2CCC(C1)N2)C(c1ccccc1)C(C)C. The van der Waals surface area contributed by atoms with Gasteiger partial charge >= 0.3 is 0 Å². The van der Waals surface area contributed by atoms with Crippen molar-refractivity contribution >= 4 is 0 Å². The molecular formula is C19H30N2. The highest BCUT2D eigenvalue weighted by atomic mass is 15.2. The van der Waals surface area contributed by atoms with E-state index in [1.54, 1.807) is 0 Å². The minimum Gasteiger partial charge on any atom is -0.311 e. The van der Waals surface area contributed by atoms with Gasteiger partial charge in [0.25, 0.3) is 0 Å². The van der Waals surface area contributed by atoms with Crippen LogP contribution < -0.4 is 5.32 Å². The molecule has 3 unspecified atom stereocenters. The summed E-state index contributed by atoms with van der Waals surface area (Å²) < 4.78 is 0. The van der Waals surface area contributed by atoms with Gasteiger partial charge in [0.1, 0.15) is 0 Å². The molecule has 2 saturated heterocycles. The fraction of sp³-hybridized carbons (Fsp3) is 0.684. The maximum Gasteiger partial charge on any atom is 0.0373 e. The molecule has 0 saturated carbocycles. The summed E-state index contributed by atoms with van der Waals surface area (Å²) in [5.74, 6) is 0.653. The second kappa shape index (κ2) is 6.50. The van der Waals surface area contributed by atoms with Gasteiger partial charge in [0.15, 0.2) is 0 Å². The van der Waals surface area contributed by atoms with Crippen LogP contribution in [0.4, 0.5) is 0 Å². The summed E-state index contributed by atoms with van der Waals surface area (Å²) >= 11 is 0. The van der Waals surface area contributed by atoms with Crippen molar-refractivity contribution in [2.75, 3.05) is 6.54 Å². The Morgan fingerprint density at radius 1 is 1.10 bits per heavy atom. The lowest BCUT2D eigenvalue weighted by Gasteiger charge is -2.43. The number of nitrogens with zero attached hydrogens (tertiary/aromatic N) is 1. The lowest BCUT2D eigenvalue weighted by Crippen LogP contribution is -2.50. The van der Waals surface area contributed by atoms with Crippen molar-refractivity contribution in [3.05, 3.63) is 35.9 Å². The number of rotatable bonds is 5. The van der Waals surface area contributed by atoms with Crippen LogP contribution in [0.1, 0.15) is 58.1 Å². The van der Waals surface area contributed by atoms with Crippen LogP contribution in [0.5, 0.6) is 0 Å². The van der Waals surface area contributed by atoms with E-state index < -0.39 is 0 Å². The molecule has 1 N–H and O–H groups in total. The van der Waals surface area contributed by atoms with Crippen LogP contribution >= 0.6 is 0 Å². The topological polar surface area (TPSA) is 15.3 Å². The van der Waals surface area contributed by atoms with Crippen molar-refractivity contribution in [3.8, 4) is 0 Å². The molecule has 0 amide bonds. The summed E-state index contributed by atoms with van der Waals surface area (Å²) in [4.78, 5) is 2.78. The van der Waals surface area contributed by atoms with Crippen LogP contribution in [0.3, 0.4) is 0 Å². The maximum atomic E-state index is 3.78. The molecule has 0 aromatic heterocycles. The molecule has 2 aliphatic heterocycles.